The maximum atomic E-state index is 12.4. The molecule has 8 heteroatoms. The molecule has 1 aliphatic heterocycles. The number of nitrogens with zero attached hydrogens (tertiary/aromatic N) is 6. The Balaban J connectivity index is 1.52. The van der Waals surface area contributed by atoms with Gasteiger partial charge in [0, 0.05) is 63.7 Å². The molecule has 0 radical (unpaired) electrons. The lowest BCUT2D eigenvalue weighted by molar-refractivity contribution is -0.120. The summed E-state index contributed by atoms with van der Waals surface area (Å²) in [4.78, 5) is 27.3. The highest BCUT2D eigenvalue weighted by Crippen LogP contribution is 2.17. The average molecular weight is 348 g/mol. The molecule has 0 N–H and O–H groups in total. The highest BCUT2D eigenvalue weighted by Gasteiger charge is 2.27. The molecule has 0 saturated carbocycles. The second-order valence-corrected chi connectivity index (χ2v) is 7.15. The Morgan fingerprint density at radius 3 is 2.83 bits per heavy atom. The Morgan fingerprint density at radius 2 is 2.21 bits per heavy atom. The molecule has 3 heterocycles. The first-order valence-corrected chi connectivity index (χ1v) is 9.01. The topological polar surface area (TPSA) is 57.5 Å². The summed E-state index contributed by atoms with van der Waals surface area (Å²) in [7, 11) is 3.82. The number of aromatic nitrogens is 3. The number of hydrogen-bond acceptors (Lipinski definition) is 6. The summed E-state index contributed by atoms with van der Waals surface area (Å²) in [6.07, 6.45) is 5.54. The molecule has 0 bridgehead atoms. The zero-order valence-corrected chi connectivity index (χ0v) is 15.2. The van der Waals surface area contributed by atoms with Crippen LogP contribution >= 0.6 is 11.3 Å². The van der Waals surface area contributed by atoms with Crippen molar-refractivity contribution in [2.75, 3.05) is 38.1 Å². The zero-order valence-electron chi connectivity index (χ0n) is 14.4. The molecule has 2 aromatic heterocycles. The molecule has 7 nitrogen and oxygen atoms in total. The lowest BCUT2D eigenvalue weighted by Crippen LogP contribution is -2.53. The quantitative estimate of drug-likeness (QED) is 0.808. The number of hydrogen-bond donors (Lipinski definition) is 0. The largest absolute Gasteiger partial charge is 0.337 e. The minimum atomic E-state index is 0.0923. The molecular weight excluding hydrogens is 324 g/mol. The standard InChI is InChI=1S/C16H24N6OS/c1-13-10-21(12-15(23)20(3)16-18-5-9-24-16)7-8-22(13)11-14-17-4-6-19(14)2/h4-6,9,13H,7-8,10-12H2,1-3H3. The van der Waals surface area contributed by atoms with Crippen molar-refractivity contribution in [3.63, 3.8) is 0 Å². The van der Waals surface area contributed by atoms with Gasteiger partial charge >= 0.3 is 0 Å². The minimum Gasteiger partial charge on any atom is -0.337 e. The molecule has 1 fully saturated rings. The van der Waals surface area contributed by atoms with E-state index in [1.165, 1.54) is 11.3 Å². The van der Waals surface area contributed by atoms with Gasteiger partial charge in [-0.3, -0.25) is 19.5 Å². The Kier molecular flexibility index (Phi) is 5.27. The number of aryl methyl sites for hydroxylation is 1. The molecule has 24 heavy (non-hydrogen) atoms. The van der Waals surface area contributed by atoms with E-state index in [-0.39, 0.29) is 5.91 Å². The first-order chi connectivity index (χ1) is 11.5. The number of carbonyl (C=O) groups is 1. The van der Waals surface area contributed by atoms with Gasteiger partial charge in [-0.1, -0.05) is 0 Å². The predicted molar refractivity (Wildman–Crippen MR) is 95.0 cm³/mol. The van der Waals surface area contributed by atoms with Crippen LogP contribution in [0.3, 0.4) is 0 Å². The Bertz CT molecular complexity index is 670. The summed E-state index contributed by atoms with van der Waals surface area (Å²) in [5.41, 5.74) is 0. The van der Waals surface area contributed by atoms with Crippen molar-refractivity contribution in [3.05, 3.63) is 29.8 Å². The van der Waals surface area contributed by atoms with Crippen LogP contribution in [-0.2, 0) is 18.4 Å². The Morgan fingerprint density at radius 1 is 1.38 bits per heavy atom. The zero-order chi connectivity index (χ0) is 17.1. The number of imidazole rings is 1. The van der Waals surface area contributed by atoms with Gasteiger partial charge in [0.1, 0.15) is 5.82 Å². The minimum absolute atomic E-state index is 0.0923. The van der Waals surface area contributed by atoms with Gasteiger partial charge in [-0.25, -0.2) is 9.97 Å². The molecule has 1 unspecified atom stereocenters. The Labute approximate surface area is 146 Å². The number of carbonyl (C=O) groups excluding carboxylic acids is 1. The summed E-state index contributed by atoms with van der Waals surface area (Å²) < 4.78 is 2.06. The van der Waals surface area contributed by atoms with Crippen molar-refractivity contribution in [1.29, 1.82) is 0 Å². The monoisotopic (exact) mass is 348 g/mol. The second kappa shape index (κ2) is 7.42. The highest BCUT2D eigenvalue weighted by atomic mass is 32.1. The third kappa shape index (κ3) is 3.82. The van der Waals surface area contributed by atoms with Crippen LogP contribution in [0.2, 0.25) is 0 Å². The first-order valence-electron chi connectivity index (χ1n) is 8.13. The van der Waals surface area contributed by atoms with E-state index >= 15 is 0 Å². The van der Waals surface area contributed by atoms with Gasteiger partial charge in [0.2, 0.25) is 5.91 Å². The van der Waals surface area contributed by atoms with Crippen molar-refractivity contribution >= 4 is 22.4 Å². The third-order valence-electron chi connectivity index (χ3n) is 4.55. The molecule has 0 aromatic carbocycles. The number of thiazole rings is 1. The maximum absolute atomic E-state index is 12.4. The summed E-state index contributed by atoms with van der Waals surface area (Å²) in [5, 5.41) is 2.64. The Hall–Kier alpha value is -1.77. The van der Waals surface area contributed by atoms with E-state index < -0.39 is 0 Å². The highest BCUT2D eigenvalue weighted by molar-refractivity contribution is 7.13. The maximum Gasteiger partial charge on any atom is 0.242 e. The van der Waals surface area contributed by atoms with E-state index in [4.69, 9.17) is 0 Å². The van der Waals surface area contributed by atoms with Gasteiger partial charge < -0.3 is 4.57 Å². The fourth-order valence-electron chi connectivity index (χ4n) is 2.97. The summed E-state index contributed by atoms with van der Waals surface area (Å²) in [5.74, 6) is 1.17. The van der Waals surface area contributed by atoms with Gasteiger partial charge in [-0.05, 0) is 6.92 Å². The number of likely N-dealkylation sites (N-methyl/N-ethyl adjacent to an activating group) is 1. The summed E-state index contributed by atoms with van der Waals surface area (Å²) in [6, 6.07) is 0.397. The van der Waals surface area contributed by atoms with Crippen LogP contribution in [0, 0.1) is 0 Å². The van der Waals surface area contributed by atoms with Crippen molar-refractivity contribution in [2.24, 2.45) is 7.05 Å². The van der Waals surface area contributed by atoms with E-state index in [0.717, 1.165) is 37.1 Å². The van der Waals surface area contributed by atoms with Crippen LogP contribution in [0.25, 0.3) is 0 Å². The molecule has 2 aromatic rings. The first kappa shape index (κ1) is 17.1. The summed E-state index contributed by atoms with van der Waals surface area (Å²) in [6.45, 7) is 6.24. The van der Waals surface area contributed by atoms with Crippen molar-refractivity contribution in [3.8, 4) is 0 Å². The fourth-order valence-corrected chi connectivity index (χ4v) is 3.59. The van der Waals surface area contributed by atoms with Gasteiger partial charge in [-0.2, -0.15) is 0 Å². The molecule has 3 rings (SSSR count). The van der Waals surface area contributed by atoms with Crippen LogP contribution in [0.4, 0.5) is 5.13 Å². The number of piperazine rings is 1. The predicted octanol–water partition coefficient (Wildman–Crippen LogP) is 1.05. The smallest absolute Gasteiger partial charge is 0.242 e. The molecule has 0 aliphatic carbocycles. The van der Waals surface area contributed by atoms with E-state index in [1.54, 1.807) is 18.1 Å². The third-order valence-corrected chi connectivity index (χ3v) is 5.40. The van der Waals surface area contributed by atoms with Crippen LogP contribution in [0.15, 0.2) is 24.0 Å². The molecule has 130 valence electrons. The molecule has 0 spiro atoms. The molecule has 1 amide bonds. The van der Waals surface area contributed by atoms with Crippen molar-refractivity contribution in [2.45, 2.75) is 19.5 Å². The fraction of sp³-hybridized carbons (Fsp3) is 0.562. The molecule has 1 atom stereocenters. The number of amides is 1. The molecule has 1 saturated heterocycles. The van der Waals surface area contributed by atoms with Crippen LogP contribution in [0.1, 0.15) is 12.7 Å². The normalized spacial score (nSPS) is 19.5. The molecular formula is C16H24N6OS. The number of anilines is 1. The van der Waals surface area contributed by atoms with Gasteiger partial charge in [0.15, 0.2) is 5.13 Å². The number of rotatable bonds is 5. The van der Waals surface area contributed by atoms with Crippen LogP contribution < -0.4 is 4.90 Å². The van der Waals surface area contributed by atoms with Crippen LogP contribution in [0.5, 0.6) is 0 Å². The van der Waals surface area contributed by atoms with Gasteiger partial charge in [0.25, 0.3) is 0 Å². The van der Waals surface area contributed by atoms with E-state index in [9.17, 15) is 4.79 Å². The SMILES string of the molecule is CC1CN(CC(=O)N(C)c2nccs2)CCN1Cc1nccn1C. The average Bonchev–Trinajstić information content (AvgIpc) is 3.21. The van der Waals surface area contributed by atoms with Gasteiger partial charge in [-0.15, -0.1) is 11.3 Å². The van der Waals surface area contributed by atoms with Crippen molar-refractivity contribution in [1.82, 2.24) is 24.3 Å². The van der Waals surface area contributed by atoms with Crippen molar-refractivity contribution < 1.29 is 4.79 Å². The summed E-state index contributed by atoms with van der Waals surface area (Å²) >= 11 is 1.48. The van der Waals surface area contributed by atoms with Crippen LogP contribution in [-0.4, -0.2) is 69.5 Å². The lowest BCUT2D eigenvalue weighted by Gasteiger charge is -2.39. The van der Waals surface area contributed by atoms with Gasteiger partial charge in [0.05, 0.1) is 13.1 Å². The molecule has 1 aliphatic rings. The van der Waals surface area contributed by atoms with E-state index in [0.29, 0.717) is 12.6 Å². The second-order valence-electron chi connectivity index (χ2n) is 6.28. The van der Waals surface area contributed by atoms with E-state index in [1.807, 2.05) is 24.8 Å². The van der Waals surface area contributed by atoms with E-state index in [2.05, 4.69) is 31.3 Å². The lowest BCUT2D eigenvalue weighted by atomic mass is 10.2.